The Morgan fingerprint density at radius 1 is 1.69 bits per heavy atom. The molecule has 0 saturated heterocycles. The Labute approximate surface area is 96.6 Å². The zero-order chi connectivity index (χ0) is 11.5. The molecule has 16 heavy (non-hydrogen) atoms. The number of ether oxygens (including phenoxy) is 1. The maximum Gasteiger partial charge on any atom is 0.293 e. The molecule has 0 fully saturated rings. The lowest BCUT2D eigenvalue weighted by Crippen LogP contribution is -1.92. The minimum atomic E-state index is 0.0705. The smallest absolute Gasteiger partial charge is 0.293 e. The topological polar surface area (TPSA) is 57.3 Å². The molecule has 2 rings (SSSR count). The second kappa shape index (κ2) is 4.40. The van der Waals surface area contributed by atoms with Crippen molar-refractivity contribution in [1.82, 2.24) is 9.78 Å². The third-order valence-electron chi connectivity index (χ3n) is 2.08. The summed E-state index contributed by atoms with van der Waals surface area (Å²) in [5.74, 6) is 1.01. The molecule has 0 unspecified atom stereocenters. The highest BCUT2D eigenvalue weighted by atomic mass is 35.5. The van der Waals surface area contributed by atoms with Crippen LogP contribution in [0, 0.1) is 0 Å². The van der Waals surface area contributed by atoms with E-state index in [0.717, 1.165) is 5.69 Å². The Morgan fingerprint density at radius 3 is 3.12 bits per heavy atom. The van der Waals surface area contributed by atoms with Crippen LogP contribution in [0.4, 0.5) is 0 Å². The lowest BCUT2D eigenvalue weighted by atomic mass is 10.3. The van der Waals surface area contributed by atoms with Gasteiger partial charge in [0.1, 0.15) is 18.1 Å². The largest absolute Gasteiger partial charge is 0.460 e. The van der Waals surface area contributed by atoms with Gasteiger partial charge >= 0.3 is 0 Å². The van der Waals surface area contributed by atoms with Crippen LogP contribution in [0.2, 0.25) is 5.02 Å². The normalized spacial score (nSPS) is 10.4. The lowest BCUT2D eigenvalue weighted by molar-refractivity contribution is -0.130. The van der Waals surface area contributed by atoms with E-state index in [2.05, 4.69) is 9.84 Å². The van der Waals surface area contributed by atoms with E-state index < -0.39 is 0 Å². The fourth-order valence-electron chi connectivity index (χ4n) is 1.37. The van der Waals surface area contributed by atoms with Gasteiger partial charge in [-0.15, -0.1) is 0 Å². The minimum Gasteiger partial charge on any atom is -0.460 e. The molecule has 5 nitrogen and oxygen atoms in total. The second-order valence-corrected chi connectivity index (χ2v) is 3.54. The number of aryl methyl sites for hydroxylation is 1. The second-order valence-electron chi connectivity index (χ2n) is 3.14. The Balaban J connectivity index is 2.32. The quantitative estimate of drug-likeness (QED) is 0.767. The Bertz CT molecular complexity index is 504. The highest BCUT2D eigenvalue weighted by molar-refractivity contribution is 6.32. The molecule has 0 aromatic carbocycles. The maximum absolute atomic E-state index is 10.0. The monoisotopic (exact) mass is 240 g/mol. The molecule has 0 bridgehead atoms. The summed E-state index contributed by atoms with van der Waals surface area (Å²) in [4.78, 5) is 10.0. The van der Waals surface area contributed by atoms with Gasteiger partial charge in [-0.25, -0.2) is 0 Å². The third-order valence-corrected chi connectivity index (χ3v) is 2.37. The van der Waals surface area contributed by atoms with Crippen molar-refractivity contribution < 1.29 is 13.9 Å². The number of nitrogens with zero attached hydrogens (tertiary/aromatic N) is 2. The van der Waals surface area contributed by atoms with E-state index in [0.29, 0.717) is 23.0 Å². The fraction of sp³-hybridized carbons (Fsp3) is 0.200. The van der Waals surface area contributed by atoms with Crippen LogP contribution in [0.1, 0.15) is 5.76 Å². The van der Waals surface area contributed by atoms with Gasteiger partial charge in [-0.2, -0.15) is 5.10 Å². The number of hydrogen-bond acceptors (Lipinski definition) is 4. The third kappa shape index (κ3) is 1.94. The molecule has 6 heteroatoms. The maximum atomic E-state index is 10.0. The van der Waals surface area contributed by atoms with Crippen molar-refractivity contribution in [3.05, 3.63) is 29.1 Å². The average molecular weight is 241 g/mol. The van der Waals surface area contributed by atoms with Crippen molar-refractivity contribution in [3.8, 4) is 11.5 Å². The van der Waals surface area contributed by atoms with E-state index in [1.54, 1.807) is 30.1 Å². The zero-order valence-corrected chi connectivity index (χ0v) is 9.27. The molecule has 0 aliphatic rings. The molecule has 0 N–H and O–H groups in total. The first-order valence-corrected chi connectivity index (χ1v) is 4.92. The molecule has 0 atom stereocenters. The van der Waals surface area contributed by atoms with E-state index in [9.17, 15) is 4.79 Å². The minimum absolute atomic E-state index is 0.0705. The van der Waals surface area contributed by atoms with E-state index in [1.807, 2.05) is 0 Å². The first kappa shape index (κ1) is 10.8. The number of hydrogen-bond donors (Lipinski definition) is 0. The summed E-state index contributed by atoms with van der Waals surface area (Å²) in [6.07, 6.45) is 1.65. The average Bonchev–Trinajstić information content (AvgIpc) is 2.82. The number of carbonyl (C=O) groups is 1. The van der Waals surface area contributed by atoms with Crippen molar-refractivity contribution in [2.75, 3.05) is 0 Å². The predicted molar refractivity (Wildman–Crippen MR) is 56.8 cm³/mol. The highest BCUT2D eigenvalue weighted by Crippen LogP contribution is 2.30. The SMILES string of the molecule is Cn1nccc1-c1oc(COC=O)cc1Cl. The van der Waals surface area contributed by atoms with Gasteiger partial charge < -0.3 is 9.15 Å². The van der Waals surface area contributed by atoms with Crippen molar-refractivity contribution in [2.45, 2.75) is 6.61 Å². The molecule has 84 valence electrons. The summed E-state index contributed by atoms with van der Waals surface area (Å²) in [5.41, 5.74) is 0.766. The first-order valence-electron chi connectivity index (χ1n) is 4.54. The van der Waals surface area contributed by atoms with Crippen LogP contribution in [0.15, 0.2) is 22.7 Å². The van der Waals surface area contributed by atoms with Crippen LogP contribution in [-0.4, -0.2) is 16.3 Å². The van der Waals surface area contributed by atoms with Crippen LogP contribution < -0.4 is 0 Å². The first-order chi connectivity index (χ1) is 7.72. The zero-order valence-electron chi connectivity index (χ0n) is 8.51. The number of rotatable bonds is 4. The van der Waals surface area contributed by atoms with Gasteiger partial charge in [0.2, 0.25) is 0 Å². The van der Waals surface area contributed by atoms with Gasteiger partial charge in [-0.3, -0.25) is 9.48 Å². The van der Waals surface area contributed by atoms with E-state index in [1.165, 1.54) is 0 Å². The van der Waals surface area contributed by atoms with Gasteiger partial charge in [0, 0.05) is 19.3 Å². The summed E-state index contributed by atoms with van der Waals surface area (Å²) >= 11 is 6.01. The molecule has 2 aromatic heterocycles. The number of furan rings is 1. The van der Waals surface area contributed by atoms with Crippen LogP contribution in [0.3, 0.4) is 0 Å². The molecule has 0 aliphatic carbocycles. The Kier molecular flexibility index (Phi) is 2.96. The van der Waals surface area contributed by atoms with Crippen LogP contribution >= 0.6 is 11.6 Å². The van der Waals surface area contributed by atoms with Crippen molar-refractivity contribution in [2.24, 2.45) is 7.05 Å². The van der Waals surface area contributed by atoms with Gasteiger partial charge in [0.05, 0.1) is 5.02 Å². The van der Waals surface area contributed by atoms with Crippen LogP contribution in [0.25, 0.3) is 11.5 Å². The number of halogens is 1. The molecule has 0 radical (unpaired) electrons. The van der Waals surface area contributed by atoms with Crippen molar-refractivity contribution >= 4 is 18.1 Å². The summed E-state index contributed by atoms with van der Waals surface area (Å²) in [6, 6.07) is 3.41. The Hall–Kier alpha value is -1.75. The summed E-state index contributed by atoms with van der Waals surface area (Å²) in [6.45, 7) is 0.432. The van der Waals surface area contributed by atoms with Gasteiger partial charge in [0.15, 0.2) is 5.76 Å². The molecule has 0 spiro atoms. The lowest BCUT2D eigenvalue weighted by Gasteiger charge is -1.98. The van der Waals surface area contributed by atoms with Gasteiger partial charge in [-0.1, -0.05) is 11.6 Å². The Morgan fingerprint density at radius 2 is 2.50 bits per heavy atom. The fourth-order valence-corrected chi connectivity index (χ4v) is 1.63. The standard InChI is InChI=1S/C10H9ClN2O3/c1-13-9(2-3-12-13)10-8(11)4-7(16-10)5-15-6-14/h2-4,6H,5H2,1H3. The molecule has 2 heterocycles. The van der Waals surface area contributed by atoms with E-state index >= 15 is 0 Å². The highest BCUT2D eigenvalue weighted by Gasteiger charge is 2.14. The molecular formula is C10H9ClN2O3. The number of aromatic nitrogens is 2. The molecule has 2 aromatic rings. The molecule has 0 aliphatic heterocycles. The van der Waals surface area contributed by atoms with E-state index in [4.69, 9.17) is 16.0 Å². The molecular weight excluding hydrogens is 232 g/mol. The summed E-state index contributed by atoms with van der Waals surface area (Å²) in [7, 11) is 1.79. The predicted octanol–water partition coefficient (Wildman–Crippen LogP) is 2.01. The van der Waals surface area contributed by atoms with E-state index in [-0.39, 0.29) is 6.61 Å². The molecule has 0 amide bonds. The van der Waals surface area contributed by atoms with Crippen molar-refractivity contribution in [3.63, 3.8) is 0 Å². The summed E-state index contributed by atoms with van der Waals surface area (Å²) < 4.78 is 11.7. The number of carbonyl (C=O) groups excluding carboxylic acids is 1. The summed E-state index contributed by atoms with van der Waals surface area (Å²) in [5, 5.41) is 4.48. The van der Waals surface area contributed by atoms with Crippen LogP contribution in [-0.2, 0) is 23.2 Å². The van der Waals surface area contributed by atoms with Crippen molar-refractivity contribution in [1.29, 1.82) is 0 Å². The molecule has 0 saturated carbocycles. The van der Waals surface area contributed by atoms with Gasteiger partial charge in [-0.05, 0) is 6.07 Å². The van der Waals surface area contributed by atoms with Gasteiger partial charge in [0.25, 0.3) is 6.47 Å². The van der Waals surface area contributed by atoms with Crippen LogP contribution in [0.5, 0.6) is 0 Å².